The van der Waals surface area contributed by atoms with E-state index in [1.165, 1.54) is 0 Å². The summed E-state index contributed by atoms with van der Waals surface area (Å²) in [4.78, 5) is 12.0. The second kappa shape index (κ2) is 5.75. The van der Waals surface area contributed by atoms with Crippen molar-refractivity contribution in [2.75, 3.05) is 6.54 Å². The Hall–Kier alpha value is -1.33. The minimum absolute atomic E-state index is 0.0555. The Morgan fingerprint density at radius 2 is 2.21 bits per heavy atom. The van der Waals surface area contributed by atoms with Gasteiger partial charge in [0.1, 0.15) is 5.58 Å². The zero-order chi connectivity index (χ0) is 14.0. The number of nitrogens with one attached hydrogen (secondary N) is 1. The Labute approximate surface area is 120 Å². The van der Waals surface area contributed by atoms with Crippen molar-refractivity contribution in [3.63, 3.8) is 0 Å². The van der Waals surface area contributed by atoms with Crippen LogP contribution < -0.4 is 11.1 Å². The Morgan fingerprint density at radius 3 is 2.84 bits per heavy atom. The van der Waals surface area contributed by atoms with Crippen LogP contribution in [0.1, 0.15) is 24.4 Å². The van der Waals surface area contributed by atoms with Gasteiger partial charge in [0.2, 0.25) is 0 Å². The first kappa shape index (κ1) is 14.1. The fourth-order valence-corrected chi connectivity index (χ4v) is 2.14. The summed E-state index contributed by atoms with van der Waals surface area (Å²) in [6.07, 6.45) is 0. The molecule has 5 heteroatoms. The highest BCUT2D eigenvalue weighted by molar-refractivity contribution is 9.10. The molecule has 0 aliphatic carbocycles. The highest BCUT2D eigenvalue weighted by atomic mass is 79.9. The van der Waals surface area contributed by atoms with Crippen LogP contribution in [0.2, 0.25) is 0 Å². The number of nitrogens with two attached hydrogens (primary N) is 1. The number of carbonyl (C=O) groups is 1. The minimum Gasteiger partial charge on any atom is -0.450 e. The second-order valence-electron chi connectivity index (χ2n) is 4.89. The zero-order valence-electron chi connectivity index (χ0n) is 10.9. The SMILES string of the molecule is CC(C)C(N)CNC(=O)c1cc2cccc(Br)c2o1. The van der Waals surface area contributed by atoms with E-state index in [1.807, 2.05) is 32.0 Å². The summed E-state index contributed by atoms with van der Waals surface area (Å²) in [5.41, 5.74) is 6.57. The summed E-state index contributed by atoms with van der Waals surface area (Å²) in [6, 6.07) is 7.36. The number of benzene rings is 1. The van der Waals surface area contributed by atoms with Gasteiger partial charge in [-0.15, -0.1) is 0 Å². The van der Waals surface area contributed by atoms with E-state index in [1.54, 1.807) is 6.07 Å². The molecule has 1 heterocycles. The lowest BCUT2D eigenvalue weighted by Crippen LogP contribution is -2.40. The van der Waals surface area contributed by atoms with E-state index in [-0.39, 0.29) is 11.9 Å². The molecule has 0 aliphatic rings. The summed E-state index contributed by atoms with van der Waals surface area (Å²) >= 11 is 3.40. The quantitative estimate of drug-likeness (QED) is 0.908. The van der Waals surface area contributed by atoms with Crippen molar-refractivity contribution in [2.24, 2.45) is 11.7 Å². The van der Waals surface area contributed by atoms with Gasteiger partial charge in [0.25, 0.3) is 5.91 Å². The third-order valence-electron chi connectivity index (χ3n) is 3.07. The van der Waals surface area contributed by atoms with Crippen molar-refractivity contribution >= 4 is 32.8 Å². The van der Waals surface area contributed by atoms with Gasteiger partial charge in [0.05, 0.1) is 4.47 Å². The molecule has 1 unspecified atom stereocenters. The van der Waals surface area contributed by atoms with Crippen LogP contribution in [0.4, 0.5) is 0 Å². The van der Waals surface area contributed by atoms with Crippen molar-refractivity contribution in [2.45, 2.75) is 19.9 Å². The smallest absolute Gasteiger partial charge is 0.287 e. The molecule has 2 rings (SSSR count). The van der Waals surface area contributed by atoms with E-state index in [2.05, 4.69) is 21.2 Å². The number of hydrogen-bond donors (Lipinski definition) is 2. The summed E-state index contributed by atoms with van der Waals surface area (Å²) in [5, 5.41) is 3.68. The van der Waals surface area contributed by atoms with Gasteiger partial charge in [0.15, 0.2) is 5.76 Å². The van der Waals surface area contributed by atoms with Crippen molar-refractivity contribution < 1.29 is 9.21 Å². The lowest BCUT2D eigenvalue weighted by atomic mass is 10.1. The number of halogens is 1. The van der Waals surface area contributed by atoms with E-state index in [0.29, 0.717) is 23.8 Å². The van der Waals surface area contributed by atoms with Crippen LogP contribution in [0.25, 0.3) is 11.0 Å². The maximum atomic E-state index is 12.0. The molecular weight excluding hydrogens is 308 g/mol. The highest BCUT2D eigenvalue weighted by Crippen LogP contribution is 2.26. The molecule has 102 valence electrons. The fourth-order valence-electron chi connectivity index (χ4n) is 1.67. The van der Waals surface area contributed by atoms with E-state index in [4.69, 9.17) is 10.2 Å². The number of para-hydroxylation sites is 1. The lowest BCUT2D eigenvalue weighted by Gasteiger charge is -2.15. The average molecular weight is 325 g/mol. The Morgan fingerprint density at radius 1 is 1.47 bits per heavy atom. The normalized spacial score (nSPS) is 12.9. The minimum atomic E-state index is -0.237. The molecule has 0 saturated carbocycles. The maximum absolute atomic E-state index is 12.0. The molecule has 1 aromatic heterocycles. The first-order valence-corrected chi connectivity index (χ1v) is 7.00. The molecule has 2 aromatic rings. The maximum Gasteiger partial charge on any atom is 0.287 e. The van der Waals surface area contributed by atoms with Gasteiger partial charge in [-0.2, -0.15) is 0 Å². The molecule has 19 heavy (non-hydrogen) atoms. The Balaban J connectivity index is 2.12. The van der Waals surface area contributed by atoms with E-state index in [0.717, 1.165) is 9.86 Å². The molecule has 0 saturated heterocycles. The van der Waals surface area contributed by atoms with E-state index in [9.17, 15) is 4.79 Å². The van der Waals surface area contributed by atoms with Crippen molar-refractivity contribution in [1.29, 1.82) is 0 Å². The monoisotopic (exact) mass is 324 g/mol. The Bertz CT molecular complexity index is 592. The summed E-state index contributed by atoms with van der Waals surface area (Å²) < 4.78 is 6.39. The van der Waals surface area contributed by atoms with Crippen LogP contribution in [0.15, 0.2) is 33.2 Å². The molecule has 0 radical (unpaired) electrons. The van der Waals surface area contributed by atoms with Gasteiger partial charge < -0.3 is 15.5 Å². The van der Waals surface area contributed by atoms with Gasteiger partial charge in [-0.1, -0.05) is 26.0 Å². The Kier molecular flexibility index (Phi) is 4.27. The second-order valence-corrected chi connectivity index (χ2v) is 5.74. The van der Waals surface area contributed by atoms with Crippen LogP contribution in [-0.2, 0) is 0 Å². The molecule has 1 amide bonds. The molecule has 0 fully saturated rings. The van der Waals surface area contributed by atoms with E-state index >= 15 is 0 Å². The number of fused-ring (bicyclic) bond motifs is 1. The fraction of sp³-hybridized carbons (Fsp3) is 0.357. The third kappa shape index (κ3) is 3.16. The van der Waals surface area contributed by atoms with Gasteiger partial charge in [-0.25, -0.2) is 0 Å². The summed E-state index contributed by atoms with van der Waals surface area (Å²) in [5.74, 6) is 0.391. The first-order valence-electron chi connectivity index (χ1n) is 6.21. The number of furan rings is 1. The molecular formula is C14H17BrN2O2. The van der Waals surface area contributed by atoms with E-state index < -0.39 is 0 Å². The highest BCUT2D eigenvalue weighted by Gasteiger charge is 2.15. The van der Waals surface area contributed by atoms with Crippen LogP contribution >= 0.6 is 15.9 Å². The van der Waals surface area contributed by atoms with Crippen molar-refractivity contribution in [1.82, 2.24) is 5.32 Å². The first-order chi connectivity index (χ1) is 8.99. The molecule has 1 aromatic carbocycles. The van der Waals surface area contributed by atoms with Gasteiger partial charge >= 0.3 is 0 Å². The third-order valence-corrected chi connectivity index (χ3v) is 3.70. The summed E-state index contributed by atoms with van der Waals surface area (Å²) in [7, 11) is 0. The number of amides is 1. The van der Waals surface area contributed by atoms with Gasteiger partial charge in [-0.3, -0.25) is 4.79 Å². The standard InChI is InChI=1S/C14H17BrN2O2/c1-8(2)11(16)7-17-14(18)12-6-9-4-3-5-10(15)13(9)19-12/h3-6,8,11H,7,16H2,1-2H3,(H,17,18). The van der Waals surface area contributed by atoms with Gasteiger partial charge in [0, 0.05) is 18.0 Å². The van der Waals surface area contributed by atoms with Crippen LogP contribution in [0, 0.1) is 5.92 Å². The molecule has 4 nitrogen and oxygen atoms in total. The molecule has 0 bridgehead atoms. The number of hydrogen-bond acceptors (Lipinski definition) is 3. The van der Waals surface area contributed by atoms with Crippen LogP contribution in [0.3, 0.4) is 0 Å². The zero-order valence-corrected chi connectivity index (χ0v) is 12.5. The largest absolute Gasteiger partial charge is 0.450 e. The predicted molar refractivity (Wildman–Crippen MR) is 79.1 cm³/mol. The van der Waals surface area contributed by atoms with Crippen molar-refractivity contribution in [3.05, 3.63) is 34.5 Å². The molecule has 1 atom stereocenters. The van der Waals surface area contributed by atoms with Crippen LogP contribution in [-0.4, -0.2) is 18.5 Å². The predicted octanol–water partition coefficient (Wildman–Crippen LogP) is 2.91. The molecule has 3 N–H and O–H groups in total. The van der Waals surface area contributed by atoms with Gasteiger partial charge in [-0.05, 0) is 34.0 Å². The van der Waals surface area contributed by atoms with Crippen molar-refractivity contribution in [3.8, 4) is 0 Å². The summed E-state index contributed by atoms with van der Waals surface area (Å²) in [6.45, 7) is 4.49. The van der Waals surface area contributed by atoms with Crippen LogP contribution in [0.5, 0.6) is 0 Å². The lowest BCUT2D eigenvalue weighted by molar-refractivity contribution is 0.0923. The average Bonchev–Trinajstić information content (AvgIpc) is 2.80. The molecule has 0 aliphatic heterocycles. The number of carbonyl (C=O) groups excluding carboxylic acids is 1. The topological polar surface area (TPSA) is 68.3 Å². The number of rotatable bonds is 4. The molecule has 0 spiro atoms.